The number of ketones is 1. The molecule has 0 aromatic rings. The molecule has 0 radical (unpaired) electrons. The van der Waals surface area contributed by atoms with Gasteiger partial charge < -0.3 is 4.43 Å². The predicted octanol–water partition coefficient (Wildman–Crippen LogP) is 7.04. The fourth-order valence-electron chi connectivity index (χ4n) is 5.23. The van der Waals surface area contributed by atoms with E-state index in [1.54, 1.807) is 0 Å². The molecule has 0 spiro atoms. The lowest BCUT2D eigenvalue weighted by molar-refractivity contribution is -0.129. The van der Waals surface area contributed by atoms with E-state index in [9.17, 15) is 4.79 Å². The molecule has 160 valence electrons. The monoisotopic (exact) mass is 412 g/mol. The SMILES string of the molecule is CC(C)(C)[Si](C)(C)OC1=CC=C[C@](C)(C#CCC2CCC3C(=O)CCC[C@]23C)C1. The Labute approximate surface area is 179 Å². The Morgan fingerprint density at radius 2 is 1.97 bits per heavy atom. The second kappa shape index (κ2) is 7.77. The van der Waals surface area contributed by atoms with E-state index >= 15 is 0 Å². The fourth-order valence-corrected chi connectivity index (χ4v) is 6.33. The van der Waals surface area contributed by atoms with Crippen molar-refractivity contribution in [1.29, 1.82) is 0 Å². The molecular formula is C26H40O2Si. The largest absolute Gasteiger partial charge is 0.546 e. The van der Waals surface area contributed by atoms with Crippen LogP contribution >= 0.6 is 0 Å². The summed E-state index contributed by atoms with van der Waals surface area (Å²) < 4.78 is 6.56. The highest BCUT2D eigenvalue weighted by Gasteiger charge is 2.50. The van der Waals surface area contributed by atoms with Crippen molar-refractivity contribution in [3.05, 3.63) is 24.0 Å². The van der Waals surface area contributed by atoms with Gasteiger partial charge in [-0.3, -0.25) is 4.79 Å². The molecule has 3 aliphatic carbocycles. The molecule has 0 heterocycles. The third-order valence-corrected chi connectivity index (χ3v) is 12.6. The summed E-state index contributed by atoms with van der Waals surface area (Å²) in [5, 5.41) is 0.197. The summed E-state index contributed by atoms with van der Waals surface area (Å²) in [5.41, 5.74) is 0.0254. The van der Waals surface area contributed by atoms with Crippen LogP contribution in [0.15, 0.2) is 24.0 Å². The standard InChI is InChI=1S/C26H40O2Si/c1-24(2,3)29(6,7)28-21-12-9-17-25(4,19-21)16-8-11-20-14-15-22-23(27)13-10-18-26(20,22)5/h9,12,17,20,22H,10-11,13-15,18-19H2,1-7H3/t20?,22?,25-,26+/m0/s1. The number of Topliss-reactive ketones (excluding diaryl/α,β-unsaturated/α-hetero) is 1. The molecular weight excluding hydrogens is 372 g/mol. The smallest absolute Gasteiger partial charge is 0.250 e. The van der Waals surface area contributed by atoms with Crippen LogP contribution in [0.5, 0.6) is 0 Å². The first kappa shape index (κ1) is 22.4. The number of carbonyl (C=O) groups is 1. The Morgan fingerprint density at radius 1 is 1.24 bits per heavy atom. The van der Waals surface area contributed by atoms with Crippen LogP contribution in [0.3, 0.4) is 0 Å². The first-order valence-electron chi connectivity index (χ1n) is 11.5. The van der Waals surface area contributed by atoms with Crippen molar-refractivity contribution >= 4 is 14.1 Å². The summed E-state index contributed by atoms with van der Waals surface area (Å²) in [6, 6.07) is 0. The quantitative estimate of drug-likeness (QED) is 0.367. The van der Waals surface area contributed by atoms with E-state index < -0.39 is 8.32 Å². The van der Waals surface area contributed by atoms with Gasteiger partial charge in [0, 0.05) is 25.2 Å². The van der Waals surface area contributed by atoms with Crippen LogP contribution in [0, 0.1) is 34.5 Å². The van der Waals surface area contributed by atoms with Crippen molar-refractivity contribution in [2.24, 2.45) is 22.7 Å². The molecule has 0 aromatic heterocycles. The van der Waals surface area contributed by atoms with Gasteiger partial charge in [0.05, 0.1) is 11.2 Å². The number of hydrogen-bond acceptors (Lipinski definition) is 2. The molecule has 4 atom stereocenters. The Morgan fingerprint density at radius 3 is 2.66 bits per heavy atom. The van der Waals surface area contributed by atoms with Gasteiger partial charge in [0.2, 0.25) is 8.32 Å². The molecule has 2 nitrogen and oxygen atoms in total. The second-order valence-corrected chi connectivity index (χ2v) is 16.3. The van der Waals surface area contributed by atoms with Crippen LogP contribution in [0.25, 0.3) is 0 Å². The van der Waals surface area contributed by atoms with E-state index in [1.165, 1.54) is 6.42 Å². The maximum absolute atomic E-state index is 12.4. The summed E-state index contributed by atoms with van der Waals surface area (Å²) in [6.45, 7) is 16.0. The molecule has 2 saturated carbocycles. The second-order valence-electron chi connectivity index (χ2n) is 11.6. The summed E-state index contributed by atoms with van der Waals surface area (Å²) in [7, 11) is -1.83. The van der Waals surface area contributed by atoms with E-state index in [4.69, 9.17) is 4.43 Å². The molecule has 0 saturated heterocycles. The molecule has 3 aliphatic rings. The topological polar surface area (TPSA) is 26.3 Å². The normalized spacial score (nSPS) is 34.9. The Balaban J connectivity index is 1.65. The number of allylic oxidation sites excluding steroid dienone is 4. The van der Waals surface area contributed by atoms with Crippen molar-refractivity contribution in [1.82, 2.24) is 0 Å². The van der Waals surface area contributed by atoms with Gasteiger partial charge in [0.25, 0.3) is 0 Å². The number of rotatable bonds is 3. The third-order valence-electron chi connectivity index (χ3n) is 8.26. The first-order chi connectivity index (χ1) is 13.4. The van der Waals surface area contributed by atoms with Gasteiger partial charge in [-0.2, -0.15) is 0 Å². The lowest BCUT2D eigenvalue weighted by Gasteiger charge is -2.39. The number of hydrogen-bond donors (Lipinski definition) is 0. The minimum absolute atomic E-state index is 0.159. The molecule has 3 heteroatoms. The van der Waals surface area contributed by atoms with Gasteiger partial charge >= 0.3 is 0 Å². The summed E-state index contributed by atoms with van der Waals surface area (Å²) in [6.07, 6.45) is 13.5. The Bertz CT molecular complexity index is 773. The Kier molecular flexibility index (Phi) is 6.00. The van der Waals surface area contributed by atoms with Gasteiger partial charge in [0.15, 0.2) is 0 Å². The summed E-state index contributed by atoms with van der Waals surface area (Å²) in [5.74, 6) is 9.57. The molecule has 0 bridgehead atoms. The highest BCUT2D eigenvalue weighted by atomic mass is 28.4. The first-order valence-corrected chi connectivity index (χ1v) is 14.4. The molecule has 0 aromatic carbocycles. The molecule has 2 unspecified atom stereocenters. The van der Waals surface area contributed by atoms with Crippen molar-refractivity contribution in [3.63, 3.8) is 0 Å². The van der Waals surface area contributed by atoms with Gasteiger partial charge in [-0.1, -0.05) is 45.8 Å². The Hall–Kier alpha value is -1.27. The fraction of sp³-hybridized carbons (Fsp3) is 0.731. The van der Waals surface area contributed by atoms with Crippen LogP contribution in [-0.4, -0.2) is 14.1 Å². The molecule has 3 rings (SSSR count). The van der Waals surface area contributed by atoms with Gasteiger partial charge in [-0.25, -0.2) is 0 Å². The highest BCUT2D eigenvalue weighted by molar-refractivity contribution is 6.74. The average Bonchev–Trinajstić information content (AvgIpc) is 2.91. The number of carbonyl (C=O) groups excluding carboxylic acids is 1. The molecule has 0 amide bonds. The summed E-state index contributed by atoms with van der Waals surface area (Å²) in [4.78, 5) is 12.4. The average molecular weight is 413 g/mol. The minimum atomic E-state index is -1.83. The van der Waals surface area contributed by atoms with Gasteiger partial charge in [0.1, 0.15) is 5.78 Å². The molecule has 0 aliphatic heterocycles. The number of fused-ring (bicyclic) bond motifs is 1. The minimum Gasteiger partial charge on any atom is -0.546 e. The van der Waals surface area contributed by atoms with Gasteiger partial charge in [-0.15, -0.1) is 5.92 Å². The summed E-state index contributed by atoms with van der Waals surface area (Å²) >= 11 is 0. The zero-order valence-electron chi connectivity index (χ0n) is 19.7. The van der Waals surface area contributed by atoms with Crippen LogP contribution < -0.4 is 0 Å². The van der Waals surface area contributed by atoms with Crippen LogP contribution in [0.2, 0.25) is 18.1 Å². The van der Waals surface area contributed by atoms with Gasteiger partial charge in [-0.05, 0) is 68.1 Å². The predicted molar refractivity (Wildman–Crippen MR) is 124 cm³/mol. The van der Waals surface area contributed by atoms with E-state index in [0.717, 1.165) is 44.3 Å². The maximum Gasteiger partial charge on any atom is 0.250 e. The lowest BCUT2D eigenvalue weighted by atomic mass is 9.64. The molecule has 2 fully saturated rings. The van der Waals surface area contributed by atoms with Crippen molar-refractivity contribution in [3.8, 4) is 11.8 Å². The van der Waals surface area contributed by atoms with E-state index in [-0.39, 0.29) is 15.9 Å². The highest BCUT2D eigenvalue weighted by Crippen LogP contribution is 2.55. The third kappa shape index (κ3) is 4.58. The van der Waals surface area contributed by atoms with Crippen LogP contribution in [0.1, 0.15) is 79.6 Å². The lowest BCUT2D eigenvalue weighted by Crippen LogP contribution is -2.41. The van der Waals surface area contributed by atoms with Crippen molar-refractivity contribution < 1.29 is 9.22 Å². The van der Waals surface area contributed by atoms with E-state index in [1.807, 2.05) is 0 Å². The zero-order valence-corrected chi connectivity index (χ0v) is 20.7. The maximum atomic E-state index is 12.4. The van der Waals surface area contributed by atoms with Crippen LogP contribution in [-0.2, 0) is 9.22 Å². The van der Waals surface area contributed by atoms with E-state index in [2.05, 4.69) is 77.8 Å². The van der Waals surface area contributed by atoms with E-state index in [0.29, 0.717) is 17.6 Å². The van der Waals surface area contributed by atoms with Crippen molar-refractivity contribution in [2.75, 3.05) is 0 Å². The van der Waals surface area contributed by atoms with Crippen molar-refractivity contribution in [2.45, 2.75) is 97.7 Å². The molecule has 0 N–H and O–H groups in total. The van der Waals surface area contributed by atoms with Crippen LogP contribution in [0.4, 0.5) is 0 Å². The zero-order chi connectivity index (χ0) is 21.5. The molecule has 29 heavy (non-hydrogen) atoms.